The monoisotopic (exact) mass is 536 g/mol. The standard InChI is InChI=1S/C29H32N2O6S/c1-5-36-29(34)25-23-15-6-17(2)16-24(23)38-28(25)31-27(33)19-7-11-22(12-8-19)37-18(3)26(32)30-20-9-13-21(35-4)14-10-20/h7-14,17-18H,5-6,15-16H2,1-4H3,(H,30,32)(H,31,33). The number of rotatable bonds is 9. The molecule has 200 valence electrons. The molecule has 1 aliphatic carbocycles. The summed E-state index contributed by atoms with van der Waals surface area (Å²) in [6.07, 6.45) is 1.93. The van der Waals surface area contributed by atoms with Crippen LogP contribution in [0.15, 0.2) is 48.5 Å². The Morgan fingerprint density at radius 1 is 1.03 bits per heavy atom. The van der Waals surface area contributed by atoms with Crippen LogP contribution in [-0.2, 0) is 22.4 Å². The first-order chi connectivity index (χ1) is 18.3. The molecule has 0 aliphatic heterocycles. The molecule has 0 fully saturated rings. The number of ether oxygens (including phenoxy) is 3. The first-order valence-electron chi connectivity index (χ1n) is 12.6. The largest absolute Gasteiger partial charge is 0.497 e. The first-order valence-corrected chi connectivity index (χ1v) is 13.4. The molecule has 2 amide bonds. The van der Waals surface area contributed by atoms with Crippen molar-refractivity contribution in [3.8, 4) is 11.5 Å². The predicted octanol–water partition coefficient (Wildman–Crippen LogP) is 5.72. The molecule has 2 atom stereocenters. The minimum atomic E-state index is -0.760. The smallest absolute Gasteiger partial charge is 0.341 e. The van der Waals surface area contributed by atoms with Crippen LogP contribution in [0, 0.1) is 5.92 Å². The Kier molecular flexibility index (Phi) is 8.68. The highest BCUT2D eigenvalue weighted by molar-refractivity contribution is 7.17. The summed E-state index contributed by atoms with van der Waals surface area (Å²) in [5.74, 6) is 0.639. The van der Waals surface area contributed by atoms with E-state index in [0.717, 1.165) is 29.7 Å². The summed E-state index contributed by atoms with van der Waals surface area (Å²) in [7, 11) is 1.58. The molecule has 9 heteroatoms. The summed E-state index contributed by atoms with van der Waals surface area (Å²) in [5, 5.41) is 6.24. The minimum absolute atomic E-state index is 0.269. The van der Waals surface area contributed by atoms with Gasteiger partial charge < -0.3 is 24.8 Å². The molecule has 0 saturated heterocycles. The maximum Gasteiger partial charge on any atom is 0.341 e. The van der Waals surface area contributed by atoms with Gasteiger partial charge in [-0.15, -0.1) is 11.3 Å². The molecule has 0 radical (unpaired) electrons. The van der Waals surface area contributed by atoms with Gasteiger partial charge in [0.25, 0.3) is 11.8 Å². The molecule has 38 heavy (non-hydrogen) atoms. The number of carbonyl (C=O) groups is 3. The van der Waals surface area contributed by atoms with E-state index in [1.807, 2.05) is 0 Å². The van der Waals surface area contributed by atoms with Crippen LogP contribution in [0.4, 0.5) is 10.7 Å². The van der Waals surface area contributed by atoms with Crippen LogP contribution in [0.2, 0.25) is 0 Å². The number of hydrogen-bond donors (Lipinski definition) is 2. The van der Waals surface area contributed by atoms with E-state index in [0.29, 0.717) is 39.2 Å². The average Bonchev–Trinajstić information content (AvgIpc) is 3.26. The SMILES string of the molecule is CCOC(=O)c1c(NC(=O)c2ccc(OC(C)C(=O)Nc3ccc(OC)cc3)cc2)sc2c1CCC(C)C2. The van der Waals surface area contributed by atoms with Crippen LogP contribution >= 0.6 is 11.3 Å². The van der Waals surface area contributed by atoms with Gasteiger partial charge >= 0.3 is 5.97 Å². The lowest BCUT2D eigenvalue weighted by molar-refractivity contribution is -0.122. The third-order valence-corrected chi connectivity index (χ3v) is 7.54. The molecule has 4 rings (SSSR count). The molecule has 8 nitrogen and oxygen atoms in total. The van der Waals surface area contributed by atoms with Crippen molar-refractivity contribution in [2.24, 2.45) is 5.92 Å². The summed E-state index contributed by atoms with van der Waals surface area (Å²) in [6.45, 7) is 5.88. The number of methoxy groups -OCH3 is 1. The summed E-state index contributed by atoms with van der Waals surface area (Å²) in [5.41, 5.74) is 2.50. The maximum absolute atomic E-state index is 13.0. The molecule has 1 aromatic heterocycles. The Bertz CT molecular complexity index is 1300. The highest BCUT2D eigenvalue weighted by Gasteiger charge is 2.29. The number of thiophene rings is 1. The number of carbonyl (C=O) groups excluding carboxylic acids is 3. The fourth-order valence-electron chi connectivity index (χ4n) is 4.29. The lowest BCUT2D eigenvalue weighted by Crippen LogP contribution is -2.30. The van der Waals surface area contributed by atoms with Gasteiger partial charge in [-0.2, -0.15) is 0 Å². The zero-order valence-electron chi connectivity index (χ0n) is 22.0. The third-order valence-electron chi connectivity index (χ3n) is 6.37. The second-order valence-electron chi connectivity index (χ2n) is 9.23. The van der Waals surface area contributed by atoms with Crippen molar-refractivity contribution >= 4 is 39.8 Å². The van der Waals surface area contributed by atoms with Crippen molar-refractivity contribution in [3.05, 3.63) is 70.1 Å². The van der Waals surface area contributed by atoms with E-state index in [2.05, 4.69) is 17.6 Å². The number of fused-ring (bicyclic) bond motifs is 1. The Hall–Kier alpha value is -3.85. The second kappa shape index (κ2) is 12.1. The van der Waals surface area contributed by atoms with Gasteiger partial charge in [-0.25, -0.2) is 4.79 Å². The topological polar surface area (TPSA) is 103 Å². The normalized spacial score (nSPS) is 15.1. The molecule has 0 bridgehead atoms. The van der Waals surface area contributed by atoms with Crippen molar-refractivity contribution in [2.75, 3.05) is 24.4 Å². The van der Waals surface area contributed by atoms with Crippen LogP contribution in [0.1, 0.15) is 58.3 Å². The van der Waals surface area contributed by atoms with Crippen LogP contribution in [0.25, 0.3) is 0 Å². The van der Waals surface area contributed by atoms with Crippen molar-refractivity contribution in [1.82, 2.24) is 0 Å². The van der Waals surface area contributed by atoms with Gasteiger partial charge in [-0.3, -0.25) is 9.59 Å². The first kappa shape index (κ1) is 27.2. The van der Waals surface area contributed by atoms with E-state index in [1.165, 1.54) is 11.3 Å². The molecule has 3 aromatic rings. The zero-order chi connectivity index (χ0) is 27.2. The third kappa shape index (κ3) is 6.34. The molecule has 1 heterocycles. The van der Waals surface area contributed by atoms with Gasteiger partial charge in [0.15, 0.2) is 6.10 Å². The Morgan fingerprint density at radius 2 is 1.71 bits per heavy atom. The van der Waals surface area contributed by atoms with Crippen LogP contribution < -0.4 is 20.1 Å². The highest BCUT2D eigenvalue weighted by atomic mass is 32.1. The van der Waals surface area contributed by atoms with Gasteiger partial charge in [-0.05, 0) is 93.1 Å². The summed E-state index contributed by atoms with van der Waals surface area (Å²) >= 11 is 1.45. The van der Waals surface area contributed by atoms with Gasteiger partial charge in [0.2, 0.25) is 0 Å². The van der Waals surface area contributed by atoms with Gasteiger partial charge in [0, 0.05) is 16.1 Å². The van der Waals surface area contributed by atoms with Gasteiger partial charge in [0.1, 0.15) is 16.5 Å². The summed E-state index contributed by atoms with van der Waals surface area (Å²) in [4.78, 5) is 39.4. The second-order valence-corrected chi connectivity index (χ2v) is 10.3. The van der Waals surface area contributed by atoms with Crippen molar-refractivity contribution in [3.63, 3.8) is 0 Å². The van der Waals surface area contributed by atoms with Crippen LogP contribution in [0.5, 0.6) is 11.5 Å². The molecular formula is C29H32N2O6S. The summed E-state index contributed by atoms with van der Waals surface area (Å²) < 4.78 is 16.2. The van der Waals surface area contributed by atoms with Gasteiger partial charge in [-0.1, -0.05) is 6.92 Å². The van der Waals surface area contributed by atoms with Crippen molar-refractivity contribution in [2.45, 2.75) is 46.1 Å². The lowest BCUT2D eigenvalue weighted by Gasteiger charge is -2.18. The molecular weight excluding hydrogens is 504 g/mol. The Morgan fingerprint density at radius 3 is 2.37 bits per heavy atom. The lowest BCUT2D eigenvalue weighted by atomic mass is 9.88. The number of esters is 1. The summed E-state index contributed by atoms with van der Waals surface area (Å²) in [6, 6.07) is 13.5. The fourth-order valence-corrected chi connectivity index (χ4v) is 5.69. The number of nitrogens with one attached hydrogen (secondary N) is 2. The van der Waals surface area contributed by atoms with Crippen LogP contribution in [-0.4, -0.2) is 37.6 Å². The number of anilines is 2. The van der Waals surface area contributed by atoms with E-state index in [-0.39, 0.29) is 18.4 Å². The number of amides is 2. The molecule has 0 spiro atoms. The quantitative estimate of drug-likeness (QED) is 0.339. The average molecular weight is 537 g/mol. The Labute approximate surface area is 226 Å². The number of benzene rings is 2. The fraction of sp³-hybridized carbons (Fsp3) is 0.345. The van der Waals surface area contributed by atoms with E-state index in [1.54, 1.807) is 69.5 Å². The minimum Gasteiger partial charge on any atom is -0.497 e. The highest BCUT2D eigenvalue weighted by Crippen LogP contribution is 2.40. The molecule has 2 N–H and O–H groups in total. The molecule has 0 saturated carbocycles. The van der Waals surface area contributed by atoms with Crippen molar-refractivity contribution in [1.29, 1.82) is 0 Å². The van der Waals surface area contributed by atoms with E-state index in [9.17, 15) is 14.4 Å². The van der Waals surface area contributed by atoms with Gasteiger partial charge in [0.05, 0.1) is 19.3 Å². The number of hydrogen-bond acceptors (Lipinski definition) is 7. The molecule has 2 unspecified atom stereocenters. The van der Waals surface area contributed by atoms with E-state index in [4.69, 9.17) is 14.2 Å². The zero-order valence-corrected chi connectivity index (χ0v) is 22.8. The van der Waals surface area contributed by atoms with E-state index < -0.39 is 12.1 Å². The Balaban J connectivity index is 1.40. The predicted molar refractivity (Wildman–Crippen MR) is 148 cm³/mol. The maximum atomic E-state index is 13.0. The van der Waals surface area contributed by atoms with Crippen LogP contribution in [0.3, 0.4) is 0 Å². The molecule has 2 aromatic carbocycles. The van der Waals surface area contributed by atoms with Crippen molar-refractivity contribution < 1.29 is 28.6 Å². The molecule has 1 aliphatic rings. The van der Waals surface area contributed by atoms with E-state index >= 15 is 0 Å².